The molecule has 192 valence electrons. The first-order valence-electron chi connectivity index (χ1n) is 11.7. The summed E-state index contributed by atoms with van der Waals surface area (Å²) in [4.78, 5) is 28.0. The van der Waals surface area contributed by atoms with Crippen LogP contribution in [-0.4, -0.2) is 69.2 Å². The van der Waals surface area contributed by atoms with Crippen LogP contribution in [0.3, 0.4) is 0 Å². The first-order valence-corrected chi connectivity index (χ1v) is 13.1. The minimum Gasteiger partial charge on any atom is -0.354 e. The molecule has 0 saturated carbocycles. The topological polar surface area (TPSA) is 90.0 Å². The lowest BCUT2D eigenvalue weighted by atomic mass is 10.1. The van der Waals surface area contributed by atoms with Gasteiger partial charge in [0.2, 0.25) is 11.8 Å². The SMILES string of the molecule is CCCNC(=O)[C@@H](CC)N(CCc1ccccc1)C(=O)CN(c1ccc(F)cc1)S(=O)(=O)N(C)C. The average Bonchev–Trinajstić information content (AvgIpc) is 2.84. The van der Waals surface area contributed by atoms with Gasteiger partial charge in [0.25, 0.3) is 0 Å². The van der Waals surface area contributed by atoms with Crippen LogP contribution in [0.1, 0.15) is 32.3 Å². The zero-order valence-electron chi connectivity index (χ0n) is 20.8. The molecular weight excluding hydrogens is 471 g/mol. The standard InChI is InChI=1S/C25H35FN4O4S/c1-5-17-27-25(32)23(6-2)29(18-16-20-10-8-7-9-11-20)24(31)19-30(35(33,34)28(3)4)22-14-12-21(26)13-15-22/h7-15,23H,5-6,16-19H2,1-4H3,(H,27,32)/t23-/m1/s1. The number of halogens is 1. The minimum atomic E-state index is -4.07. The molecule has 0 heterocycles. The van der Waals surface area contributed by atoms with E-state index in [9.17, 15) is 22.4 Å². The summed E-state index contributed by atoms with van der Waals surface area (Å²) in [5, 5.41) is 2.84. The Labute approximate surface area is 207 Å². The van der Waals surface area contributed by atoms with Gasteiger partial charge in [-0.3, -0.25) is 9.59 Å². The fourth-order valence-electron chi connectivity index (χ4n) is 3.59. The number of nitrogens with zero attached hydrogens (tertiary/aromatic N) is 3. The summed E-state index contributed by atoms with van der Waals surface area (Å²) < 4.78 is 41.6. The molecule has 0 fully saturated rings. The quantitative estimate of drug-likeness (QED) is 0.452. The van der Waals surface area contributed by atoms with Crippen LogP contribution in [-0.2, 0) is 26.2 Å². The summed E-state index contributed by atoms with van der Waals surface area (Å²) in [6, 6.07) is 13.7. The number of hydrogen-bond donors (Lipinski definition) is 1. The lowest BCUT2D eigenvalue weighted by molar-refractivity contribution is -0.139. The van der Waals surface area contributed by atoms with Crippen LogP contribution in [0.5, 0.6) is 0 Å². The Morgan fingerprint density at radius 2 is 1.63 bits per heavy atom. The molecule has 1 atom stereocenters. The second-order valence-electron chi connectivity index (χ2n) is 8.31. The van der Waals surface area contributed by atoms with E-state index in [1.165, 1.54) is 31.1 Å². The van der Waals surface area contributed by atoms with Gasteiger partial charge in [-0.2, -0.15) is 12.7 Å². The molecule has 2 aromatic rings. The van der Waals surface area contributed by atoms with Gasteiger partial charge in [0.05, 0.1) is 5.69 Å². The van der Waals surface area contributed by atoms with Crippen LogP contribution in [0.4, 0.5) is 10.1 Å². The molecule has 0 radical (unpaired) electrons. The highest BCUT2D eigenvalue weighted by Gasteiger charge is 2.33. The molecule has 2 amide bonds. The van der Waals surface area contributed by atoms with Crippen LogP contribution in [0.2, 0.25) is 0 Å². The number of rotatable bonds is 13. The third kappa shape index (κ3) is 7.76. The molecule has 2 aromatic carbocycles. The van der Waals surface area contributed by atoms with Gasteiger partial charge < -0.3 is 10.2 Å². The summed E-state index contributed by atoms with van der Waals surface area (Å²) >= 11 is 0. The largest absolute Gasteiger partial charge is 0.354 e. The van der Waals surface area contributed by atoms with E-state index < -0.39 is 34.5 Å². The molecule has 0 spiro atoms. The number of amides is 2. The van der Waals surface area contributed by atoms with Crippen LogP contribution in [0.15, 0.2) is 54.6 Å². The van der Waals surface area contributed by atoms with Gasteiger partial charge in [-0.1, -0.05) is 44.2 Å². The molecule has 0 aromatic heterocycles. The maximum Gasteiger partial charge on any atom is 0.304 e. The third-order valence-electron chi connectivity index (χ3n) is 5.55. The van der Waals surface area contributed by atoms with Crippen molar-refractivity contribution in [2.24, 2.45) is 0 Å². The van der Waals surface area contributed by atoms with E-state index in [1.807, 2.05) is 44.2 Å². The Morgan fingerprint density at radius 3 is 2.17 bits per heavy atom. The molecule has 0 aliphatic heterocycles. The average molecular weight is 507 g/mol. The lowest BCUT2D eigenvalue weighted by Crippen LogP contribution is -2.54. The predicted molar refractivity (Wildman–Crippen MR) is 136 cm³/mol. The van der Waals surface area contributed by atoms with Crippen LogP contribution >= 0.6 is 0 Å². The third-order valence-corrected chi connectivity index (χ3v) is 7.37. The van der Waals surface area contributed by atoms with Crippen molar-refractivity contribution in [1.82, 2.24) is 14.5 Å². The summed E-state index contributed by atoms with van der Waals surface area (Å²) in [6.07, 6.45) is 1.62. The number of nitrogens with one attached hydrogen (secondary N) is 1. The van der Waals surface area contributed by atoms with E-state index in [0.29, 0.717) is 19.4 Å². The molecule has 0 unspecified atom stereocenters. The number of anilines is 1. The molecule has 0 bridgehead atoms. The zero-order chi connectivity index (χ0) is 26.0. The smallest absolute Gasteiger partial charge is 0.304 e. The summed E-state index contributed by atoms with van der Waals surface area (Å²) in [5.41, 5.74) is 1.14. The summed E-state index contributed by atoms with van der Waals surface area (Å²) in [7, 11) is -1.36. The molecule has 0 saturated heterocycles. The number of carbonyl (C=O) groups excluding carboxylic acids is 2. The van der Waals surface area contributed by atoms with Crippen molar-refractivity contribution < 1.29 is 22.4 Å². The van der Waals surface area contributed by atoms with Gasteiger partial charge in [-0.25, -0.2) is 8.70 Å². The fourth-order valence-corrected chi connectivity index (χ4v) is 4.64. The van der Waals surface area contributed by atoms with Crippen molar-refractivity contribution in [2.75, 3.05) is 38.0 Å². The normalized spacial score (nSPS) is 12.3. The fraction of sp³-hybridized carbons (Fsp3) is 0.440. The van der Waals surface area contributed by atoms with E-state index >= 15 is 0 Å². The molecule has 2 rings (SSSR count). The molecule has 10 heteroatoms. The molecule has 0 aliphatic rings. The van der Waals surface area contributed by atoms with Crippen molar-refractivity contribution in [3.05, 3.63) is 66.0 Å². The predicted octanol–water partition coefficient (Wildman–Crippen LogP) is 2.81. The highest BCUT2D eigenvalue weighted by Crippen LogP contribution is 2.21. The summed E-state index contributed by atoms with van der Waals surface area (Å²) in [6.45, 7) is 3.94. The minimum absolute atomic E-state index is 0.153. The first-order chi connectivity index (χ1) is 16.6. The first kappa shape index (κ1) is 28.3. The molecule has 0 aliphatic carbocycles. The number of carbonyl (C=O) groups is 2. The van der Waals surface area contributed by atoms with E-state index in [0.717, 1.165) is 32.7 Å². The lowest BCUT2D eigenvalue weighted by Gasteiger charge is -2.33. The molecular formula is C25H35FN4O4S. The number of benzene rings is 2. The van der Waals surface area contributed by atoms with Gasteiger partial charge >= 0.3 is 10.2 Å². The van der Waals surface area contributed by atoms with Gasteiger partial charge in [0, 0.05) is 27.2 Å². The van der Waals surface area contributed by atoms with Crippen molar-refractivity contribution in [2.45, 2.75) is 39.2 Å². The molecule has 35 heavy (non-hydrogen) atoms. The van der Waals surface area contributed by atoms with Crippen LogP contribution < -0.4 is 9.62 Å². The van der Waals surface area contributed by atoms with Crippen molar-refractivity contribution in [3.8, 4) is 0 Å². The Kier molecular flexibility index (Phi) is 10.7. The zero-order valence-corrected chi connectivity index (χ0v) is 21.6. The van der Waals surface area contributed by atoms with Gasteiger partial charge in [-0.05, 0) is 49.1 Å². The maximum atomic E-state index is 13.6. The van der Waals surface area contributed by atoms with Gasteiger partial charge in [-0.15, -0.1) is 0 Å². The van der Waals surface area contributed by atoms with Crippen LogP contribution in [0.25, 0.3) is 0 Å². The monoisotopic (exact) mass is 506 g/mol. The van der Waals surface area contributed by atoms with Crippen molar-refractivity contribution in [3.63, 3.8) is 0 Å². The van der Waals surface area contributed by atoms with Crippen molar-refractivity contribution in [1.29, 1.82) is 0 Å². The Bertz CT molecular complexity index is 1060. The van der Waals surface area contributed by atoms with Crippen molar-refractivity contribution >= 4 is 27.7 Å². The highest BCUT2D eigenvalue weighted by atomic mass is 32.2. The van der Waals surface area contributed by atoms with E-state index in [2.05, 4.69) is 5.32 Å². The van der Waals surface area contributed by atoms with Gasteiger partial charge in [0.15, 0.2) is 0 Å². The second kappa shape index (κ2) is 13.2. The van der Waals surface area contributed by atoms with Crippen LogP contribution in [0, 0.1) is 5.82 Å². The van der Waals surface area contributed by atoms with E-state index in [1.54, 1.807) is 0 Å². The second-order valence-corrected chi connectivity index (χ2v) is 10.4. The summed E-state index contributed by atoms with van der Waals surface area (Å²) in [5.74, 6) is -1.32. The maximum absolute atomic E-state index is 13.6. The molecule has 8 nitrogen and oxygen atoms in total. The Morgan fingerprint density at radius 1 is 1.00 bits per heavy atom. The van der Waals surface area contributed by atoms with E-state index in [-0.39, 0.29) is 18.1 Å². The Balaban J connectivity index is 2.40. The van der Waals surface area contributed by atoms with Gasteiger partial charge in [0.1, 0.15) is 18.4 Å². The number of hydrogen-bond acceptors (Lipinski definition) is 4. The Hall–Kier alpha value is -2.98. The molecule has 1 N–H and O–H groups in total. The van der Waals surface area contributed by atoms with E-state index in [4.69, 9.17) is 0 Å². The highest BCUT2D eigenvalue weighted by molar-refractivity contribution is 7.90.